The van der Waals surface area contributed by atoms with Gasteiger partial charge in [-0.15, -0.1) is 0 Å². The van der Waals surface area contributed by atoms with Gasteiger partial charge < -0.3 is 23.4 Å². The molecule has 1 aromatic carbocycles. The Labute approximate surface area is 148 Å². The largest absolute Gasteiger partial charge is 0.467 e. The third-order valence-corrected chi connectivity index (χ3v) is 4.59. The zero-order valence-electron chi connectivity index (χ0n) is 15.0. The third kappa shape index (κ3) is 4.30. The Hall–Kier alpha value is -1.66. The van der Waals surface area contributed by atoms with Crippen LogP contribution in [0.2, 0.25) is 0 Å². The van der Waals surface area contributed by atoms with Crippen LogP contribution in [0.3, 0.4) is 0 Å². The minimum atomic E-state index is -0.443. The lowest BCUT2D eigenvalue weighted by Gasteiger charge is -2.24. The summed E-state index contributed by atoms with van der Waals surface area (Å²) in [4.78, 5) is 0. The van der Waals surface area contributed by atoms with Crippen molar-refractivity contribution in [2.45, 2.75) is 58.1 Å². The molecule has 2 heterocycles. The summed E-state index contributed by atoms with van der Waals surface area (Å²) in [5.41, 5.74) is 2.38. The van der Waals surface area contributed by atoms with E-state index in [0.717, 1.165) is 12.2 Å². The molecule has 25 heavy (non-hydrogen) atoms. The fourth-order valence-corrected chi connectivity index (χ4v) is 3.12. The summed E-state index contributed by atoms with van der Waals surface area (Å²) in [6, 6.07) is 12.0. The highest BCUT2D eigenvalue weighted by Crippen LogP contribution is 2.30. The van der Waals surface area contributed by atoms with E-state index in [9.17, 15) is 0 Å². The van der Waals surface area contributed by atoms with Gasteiger partial charge in [-0.25, -0.2) is 0 Å². The van der Waals surface area contributed by atoms with E-state index in [4.69, 9.17) is 23.4 Å². The Balaban J connectivity index is 1.68. The van der Waals surface area contributed by atoms with Crippen LogP contribution < -0.4 is 0 Å². The summed E-state index contributed by atoms with van der Waals surface area (Å²) < 4.78 is 29.1. The second-order valence-corrected chi connectivity index (χ2v) is 6.24. The van der Waals surface area contributed by atoms with E-state index >= 15 is 0 Å². The highest BCUT2D eigenvalue weighted by atomic mass is 16.7. The first-order valence-electron chi connectivity index (χ1n) is 8.71. The molecular formula is C20H26O5. The summed E-state index contributed by atoms with van der Waals surface area (Å²) in [7, 11) is 1.63. The molecule has 4 atom stereocenters. The van der Waals surface area contributed by atoms with Gasteiger partial charge >= 0.3 is 0 Å². The van der Waals surface area contributed by atoms with E-state index in [2.05, 4.69) is 26.0 Å². The summed E-state index contributed by atoms with van der Waals surface area (Å²) in [5, 5.41) is 0. The molecule has 3 rings (SSSR count). The molecule has 0 amide bonds. The summed E-state index contributed by atoms with van der Waals surface area (Å²) in [6.45, 7) is 5.05. The monoisotopic (exact) mass is 346 g/mol. The van der Waals surface area contributed by atoms with Crippen LogP contribution >= 0.6 is 0 Å². The molecule has 1 aliphatic heterocycles. The van der Waals surface area contributed by atoms with Gasteiger partial charge in [0.1, 0.15) is 24.6 Å². The molecule has 1 aliphatic rings. The smallest absolute Gasteiger partial charge is 0.186 e. The molecule has 0 aliphatic carbocycles. The summed E-state index contributed by atoms with van der Waals surface area (Å²) in [5.74, 6) is 0.771. The van der Waals surface area contributed by atoms with Crippen molar-refractivity contribution in [3.05, 3.63) is 59.5 Å². The summed E-state index contributed by atoms with van der Waals surface area (Å²) >= 11 is 0. The molecule has 136 valence electrons. The Morgan fingerprint density at radius 2 is 1.80 bits per heavy atom. The quantitative estimate of drug-likeness (QED) is 0.727. The topological polar surface area (TPSA) is 50.1 Å². The van der Waals surface area contributed by atoms with Crippen LogP contribution in [-0.4, -0.2) is 31.7 Å². The maximum absolute atomic E-state index is 6.23. The Bertz CT molecular complexity index is 639. The van der Waals surface area contributed by atoms with E-state index < -0.39 is 6.29 Å². The van der Waals surface area contributed by atoms with Gasteiger partial charge in [-0.2, -0.15) is 0 Å². The zero-order chi connectivity index (χ0) is 17.6. The van der Waals surface area contributed by atoms with Gasteiger partial charge in [0.05, 0.1) is 19.0 Å². The first-order chi connectivity index (χ1) is 12.2. The molecule has 0 bridgehead atoms. The number of ether oxygens (including phenoxy) is 4. The van der Waals surface area contributed by atoms with Crippen LogP contribution in [0.15, 0.2) is 47.1 Å². The summed E-state index contributed by atoms with van der Waals surface area (Å²) in [6.07, 6.45) is 1.48. The fourth-order valence-electron chi connectivity index (χ4n) is 3.12. The molecule has 5 nitrogen and oxygen atoms in total. The Morgan fingerprint density at radius 3 is 2.48 bits per heavy atom. The van der Waals surface area contributed by atoms with E-state index in [1.165, 1.54) is 11.1 Å². The SMILES string of the molecule is CC[C@H]1OC(OC)[C@H](OCc2ccco2)[C@H]1OCc1ccccc1C. The first-order valence-corrected chi connectivity index (χ1v) is 8.71. The van der Waals surface area contributed by atoms with E-state index in [-0.39, 0.29) is 18.3 Å². The van der Waals surface area contributed by atoms with Gasteiger partial charge in [0.2, 0.25) is 0 Å². The number of benzene rings is 1. The molecule has 1 saturated heterocycles. The number of hydrogen-bond donors (Lipinski definition) is 0. The molecule has 0 saturated carbocycles. The van der Waals surface area contributed by atoms with Crippen LogP contribution in [0, 0.1) is 6.92 Å². The van der Waals surface area contributed by atoms with Crippen molar-refractivity contribution < 1.29 is 23.4 Å². The number of furan rings is 1. The molecule has 1 fully saturated rings. The predicted molar refractivity (Wildman–Crippen MR) is 93.0 cm³/mol. The molecular weight excluding hydrogens is 320 g/mol. The van der Waals surface area contributed by atoms with Crippen molar-refractivity contribution in [1.29, 1.82) is 0 Å². The van der Waals surface area contributed by atoms with Crippen molar-refractivity contribution in [2.24, 2.45) is 0 Å². The van der Waals surface area contributed by atoms with Crippen molar-refractivity contribution in [3.63, 3.8) is 0 Å². The van der Waals surface area contributed by atoms with E-state index in [1.54, 1.807) is 13.4 Å². The van der Waals surface area contributed by atoms with Crippen LogP contribution in [0.5, 0.6) is 0 Å². The number of methoxy groups -OCH3 is 1. The van der Waals surface area contributed by atoms with Gasteiger partial charge in [-0.3, -0.25) is 0 Å². The van der Waals surface area contributed by atoms with Crippen LogP contribution in [-0.2, 0) is 32.2 Å². The average molecular weight is 346 g/mol. The molecule has 1 aromatic heterocycles. The lowest BCUT2D eigenvalue weighted by Crippen LogP contribution is -2.38. The minimum Gasteiger partial charge on any atom is -0.467 e. The molecule has 0 N–H and O–H groups in total. The zero-order valence-corrected chi connectivity index (χ0v) is 15.0. The van der Waals surface area contributed by atoms with Crippen molar-refractivity contribution in [2.75, 3.05) is 7.11 Å². The van der Waals surface area contributed by atoms with E-state index in [1.807, 2.05) is 24.3 Å². The molecule has 5 heteroatoms. The van der Waals surface area contributed by atoms with Crippen molar-refractivity contribution in [3.8, 4) is 0 Å². The van der Waals surface area contributed by atoms with Gasteiger partial charge in [0.25, 0.3) is 0 Å². The van der Waals surface area contributed by atoms with Crippen molar-refractivity contribution in [1.82, 2.24) is 0 Å². The maximum Gasteiger partial charge on any atom is 0.186 e. The van der Waals surface area contributed by atoms with Crippen LogP contribution in [0.1, 0.15) is 30.2 Å². The van der Waals surface area contributed by atoms with Gasteiger partial charge in [-0.05, 0) is 36.6 Å². The number of hydrogen-bond acceptors (Lipinski definition) is 5. The number of aryl methyl sites for hydroxylation is 1. The van der Waals surface area contributed by atoms with Crippen LogP contribution in [0.25, 0.3) is 0 Å². The predicted octanol–water partition coefficient (Wildman–Crippen LogP) is 3.84. The molecule has 0 spiro atoms. The first kappa shape index (κ1) is 18.1. The highest BCUT2D eigenvalue weighted by molar-refractivity contribution is 5.24. The Kier molecular flexibility index (Phi) is 6.26. The van der Waals surface area contributed by atoms with Crippen molar-refractivity contribution >= 4 is 0 Å². The second kappa shape index (κ2) is 8.63. The van der Waals surface area contributed by atoms with Gasteiger partial charge in [0.15, 0.2) is 6.29 Å². The number of rotatable bonds is 8. The lowest BCUT2D eigenvalue weighted by molar-refractivity contribution is -0.168. The van der Waals surface area contributed by atoms with Gasteiger partial charge in [0, 0.05) is 7.11 Å². The average Bonchev–Trinajstić information content (AvgIpc) is 3.26. The molecule has 1 unspecified atom stereocenters. The minimum absolute atomic E-state index is 0.0597. The molecule has 2 aromatic rings. The van der Waals surface area contributed by atoms with Crippen LogP contribution in [0.4, 0.5) is 0 Å². The fraction of sp³-hybridized carbons (Fsp3) is 0.500. The second-order valence-electron chi connectivity index (χ2n) is 6.24. The highest BCUT2D eigenvalue weighted by Gasteiger charge is 2.46. The normalized spacial score (nSPS) is 26.2. The van der Waals surface area contributed by atoms with Gasteiger partial charge in [-0.1, -0.05) is 31.2 Å². The Morgan fingerprint density at radius 1 is 1.00 bits per heavy atom. The maximum atomic E-state index is 6.23. The van der Waals surface area contributed by atoms with E-state index in [0.29, 0.717) is 13.2 Å². The third-order valence-electron chi connectivity index (χ3n) is 4.59. The molecule has 0 radical (unpaired) electrons. The lowest BCUT2D eigenvalue weighted by atomic mass is 10.1. The standard InChI is InChI=1S/C20H26O5/c1-4-17-18(23-12-15-9-6-5-8-14(15)2)19(20(21-3)25-17)24-13-16-10-7-11-22-16/h5-11,17-20H,4,12-13H2,1-3H3/t17-,18+,19-,20?/m1/s1.